The van der Waals surface area contributed by atoms with Crippen LogP contribution in [0.2, 0.25) is 0 Å². The third kappa shape index (κ3) is 2.82. The molecule has 0 saturated carbocycles. The Morgan fingerprint density at radius 3 is 3.17 bits per heavy atom. The molecule has 1 aliphatic rings. The van der Waals surface area contributed by atoms with E-state index in [1.165, 1.54) is 0 Å². The average Bonchev–Trinajstić information content (AvgIpc) is 3.18. The minimum Gasteiger partial charge on any atom is -0.368 e. The van der Waals surface area contributed by atoms with Gasteiger partial charge in [0, 0.05) is 48.7 Å². The summed E-state index contributed by atoms with van der Waals surface area (Å²) < 4.78 is 7.92. The molecule has 0 aromatic carbocycles. The summed E-state index contributed by atoms with van der Waals surface area (Å²) in [5.41, 5.74) is 3.85. The van der Waals surface area contributed by atoms with Crippen LogP contribution in [0.25, 0.3) is 5.52 Å². The molecule has 122 valence electrons. The first-order valence-corrected chi connectivity index (χ1v) is 8.87. The van der Waals surface area contributed by atoms with Gasteiger partial charge in [0.1, 0.15) is 17.2 Å². The Hall–Kier alpha value is -2.20. The number of pyridine rings is 1. The van der Waals surface area contributed by atoms with Gasteiger partial charge in [-0.25, -0.2) is 4.98 Å². The van der Waals surface area contributed by atoms with Gasteiger partial charge in [-0.3, -0.25) is 4.90 Å². The van der Waals surface area contributed by atoms with E-state index in [1.54, 1.807) is 11.3 Å². The fourth-order valence-electron chi connectivity index (χ4n) is 3.18. The highest BCUT2D eigenvalue weighted by Crippen LogP contribution is 2.27. The molecule has 1 unspecified atom stereocenters. The van der Waals surface area contributed by atoms with Crippen molar-refractivity contribution in [2.24, 2.45) is 0 Å². The maximum absolute atomic E-state index is 9.55. The number of morpholine rings is 1. The second-order valence-electron chi connectivity index (χ2n) is 6.06. The number of nitrogens with zero attached hydrogens (tertiary/aromatic N) is 4. The van der Waals surface area contributed by atoms with Crippen LogP contribution in [0.4, 0.5) is 0 Å². The minimum atomic E-state index is 0.0278. The van der Waals surface area contributed by atoms with Crippen LogP contribution in [-0.4, -0.2) is 34.0 Å². The summed E-state index contributed by atoms with van der Waals surface area (Å²) >= 11 is 1.66. The highest BCUT2D eigenvalue weighted by Gasteiger charge is 2.25. The van der Waals surface area contributed by atoms with Crippen molar-refractivity contribution in [2.45, 2.75) is 19.6 Å². The molecule has 4 heterocycles. The predicted molar refractivity (Wildman–Crippen MR) is 92.9 cm³/mol. The largest absolute Gasteiger partial charge is 0.368 e. The SMILES string of the molecule is Cc1csc(C2CN(Cc3cn4ccccc4c3C#N)CCO2)n1. The molecule has 1 saturated heterocycles. The smallest absolute Gasteiger partial charge is 0.123 e. The lowest BCUT2D eigenvalue weighted by molar-refractivity contribution is -0.0330. The zero-order valence-corrected chi connectivity index (χ0v) is 14.3. The van der Waals surface area contributed by atoms with Gasteiger partial charge in [-0.15, -0.1) is 11.3 Å². The molecule has 1 aliphatic heterocycles. The van der Waals surface area contributed by atoms with Crippen molar-refractivity contribution < 1.29 is 4.74 Å². The van der Waals surface area contributed by atoms with E-state index < -0.39 is 0 Å². The van der Waals surface area contributed by atoms with Crippen molar-refractivity contribution in [3.63, 3.8) is 0 Å². The molecule has 0 amide bonds. The summed E-state index contributed by atoms with van der Waals surface area (Å²) in [4.78, 5) is 6.90. The number of nitriles is 1. The molecule has 6 heteroatoms. The van der Waals surface area contributed by atoms with E-state index in [1.807, 2.05) is 35.7 Å². The maximum atomic E-state index is 9.55. The lowest BCUT2D eigenvalue weighted by Gasteiger charge is -2.31. The fourth-order valence-corrected chi connectivity index (χ4v) is 4.02. The van der Waals surface area contributed by atoms with Crippen LogP contribution in [-0.2, 0) is 11.3 Å². The molecule has 3 aromatic rings. The van der Waals surface area contributed by atoms with E-state index in [4.69, 9.17) is 4.74 Å². The number of thiazole rings is 1. The molecule has 4 rings (SSSR count). The molecule has 0 bridgehead atoms. The van der Waals surface area contributed by atoms with Gasteiger partial charge < -0.3 is 9.14 Å². The highest BCUT2D eigenvalue weighted by atomic mass is 32.1. The Kier molecular flexibility index (Phi) is 4.07. The monoisotopic (exact) mass is 338 g/mol. The van der Waals surface area contributed by atoms with Gasteiger partial charge in [-0.2, -0.15) is 5.26 Å². The number of rotatable bonds is 3. The van der Waals surface area contributed by atoms with Gasteiger partial charge in [-0.1, -0.05) is 6.07 Å². The Morgan fingerprint density at radius 1 is 1.46 bits per heavy atom. The number of hydrogen-bond donors (Lipinski definition) is 0. The van der Waals surface area contributed by atoms with Gasteiger partial charge in [0.15, 0.2) is 0 Å². The van der Waals surface area contributed by atoms with Crippen LogP contribution in [0.1, 0.15) is 27.9 Å². The van der Waals surface area contributed by atoms with E-state index in [2.05, 4.69) is 27.5 Å². The maximum Gasteiger partial charge on any atom is 0.123 e. The molecule has 0 aliphatic carbocycles. The number of fused-ring (bicyclic) bond motifs is 1. The third-order valence-corrected chi connectivity index (χ3v) is 5.39. The Labute approximate surface area is 144 Å². The number of ether oxygens (including phenoxy) is 1. The summed E-state index contributed by atoms with van der Waals surface area (Å²) in [6.45, 7) is 5.14. The molecular formula is C18H18N4OS. The van der Waals surface area contributed by atoms with Gasteiger partial charge in [0.2, 0.25) is 0 Å². The van der Waals surface area contributed by atoms with Crippen molar-refractivity contribution in [1.29, 1.82) is 5.26 Å². The number of hydrogen-bond acceptors (Lipinski definition) is 5. The average molecular weight is 338 g/mol. The fraction of sp³-hybridized carbons (Fsp3) is 0.333. The summed E-state index contributed by atoms with van der Waals surface area (Å²) in [6, 6.07) is 8.30. The van der Waals surface area contributed by atoms with Crippen LogP contribution in [0.3, 0.4) is 0 Å². The Bertz CT molecular complexity index is 907. The standard InChI is InChI=1S/C18H18N4OS/c1-13-12-24-18(20-13)17-11-21(6-7-23-17)9-14-10-22-5-3-2-4-16(22)15(14)8-19/h2-5,10,12,17H,6-7,9,11H2,1H3. The molecule has 5 nitrogen and oxygen atoms in total. The van der Waals surface area contributed by atoms with E-state index in [-0.39, 0.29) is 6.10 Å². The van der Waals surface area contributed by atoms with Crippen LogP contribution in [0.15, 0.2) is 36.0 Å². The zero-order valence-electron chi connectivity index (χ0n) is 13.5. The molecule has 1 atom stereocenters. The summed E-state index contributed by atoms with van der Waals surface area (Å²) in [5.74, 6) is 0. The Balaban J connectivity index is 1.56. The summed E-state index contributed by atoms with van der Waals surface area (Å²) in [7, 11) is 0. The second-order valence-corrected chi connectivity index (χ2v) is 6.95. The van der Waals surface area contributed by atoms with Crippen molar-refractivity contribution in [2.75, 3.05) is 19.7 Å². The molecule has 24 heavy (non-hydrogen) atoms. The molecule has 3 aromatic heterocycles. The van der Waals surface area contributed by atoms with E-state index >= 15 is 0 Å². The summed E-state index contributed by atoms with van der Waals surface area (Å²) in [6.07, 6.45) is 4.08. The molecular weight excluding hydrogens is 320 g/mol. The first-order chi connectivity index (χ1) is 11.7. The van der Waals surface area contributed by atoms with Crippen LogP contribution in [0.5, 0.6) is 0 Å². The first kappa shape index (κ1) is 15.3. The van der Waals surface area contributed by atoms with Crippen molar-refractivity contribution in [3.05, 3.63) is 57.8 Å². The molecule has 0 radical (unpaired) electrons. The minimum absolute atomic E-state index is 0.0278. The lowest BCUT2D eigenvalue weighted by Crippen LogP contribution is -2.37. The lowest BCUT2D eigenvalue weighted by atomic mass is 10.1. The quantitative estimate of drug-likeness (QED) is 0.736. The van der Waals surface area contributed by atoms with Gasteiger partial charge in [0.25, 0.3) is 0 Å². The first-order valence-electron chi connectivity index (χ1n) is 7.99. The number of aromatic nitrogens is 2. The van der Waals surface area contributed by atoms with Crippen LogP contribution >= 0.6 is 11.3 Å². The number of aryl methyl sites for hydroxylation is 1. The normalized spacial score (nSPS) is 18.8. The third-order valence-electron chi connectivity index (χ3n) is 4.33. The van der Waals surface area contributed by atoms with E-state index in [0.717, 1.165) is 47.0 Å². The van der Waals surface area contributed by atoms with Gasteiger partial charge in [-0.05, 0) is 19.1 Å². The summed E-state index contributed by atoms with van der Waals surface area (Å²) in [5, 5.41) is 12.7. The van der Waals surface area contributed by atoms with E-state index in [9.17, 15) is 5.26 Å². The van der Waals surface area contributed by atoms with Gasteiger partial charge in [0.05, 0.1) is 17.7 Å². The Morgan fingerprint density at radius 2 is 2.38 bits per heavy atom. The zero-order chi connectivity index (χ0) is 16.5. The van der Waals surface area contributed by atoms with Crippen molar-refractivity contribution >= 4 is 16.9 Å². The van der Waals surface area contributed by atoms with Crippen molar-refractivity contribution in [3.8, 4) is 6.07 Å². The molecule has 1 fully saturated rings. The predicted octanol–water partition coefficient (Wildman–Crippen LogP) is 3.15. The molecule has 0 N–H and O–H groups in total. The second kappa shape index (κ2) is 6.36. The van der Waals surface area contributed by atoms with Crippen LogP contribution < -0.4 is 0 Å². The van der Waals surface area contributed by atoms with Crippen molar-refractivity contribution in [1.82, 2.24) is 14.3 Å². The topological polar surface area (TPSA) is 53.6 Å². The van der Waals surface area contributed by atoms with E-state index in [0.29, 0.717) is 6.61 Å². The highest BCUT2D eigenvalue weighted by molar-refractivity contribution is 7.09. The van der Waals surface area contributed by atoms with Crippen LogP contribution in [0, 0.1) is 18.3 Å². The van der Waals surface area contributed by atoms with Gasteiger partial charge >= 0.3 is 0 Å². The molecule has 0 spiro atoms.